The molecule has 1 atom stereocenters. The van der Waals surface area contributed by atoms with Gasteiger partial charge in [-0.1, -0.05) is 0 Å². The van der Waals surface area contributed by atoms with E-state index in [1.54, 1.807) is 17.5 Å². The van der Waals surface area contributed by atoms with Gasteiger partial charge in [0.1, 0.15) is 0 Å². The van der Waals surface area contributed by atoms with Crippen molar-refractivity contribution in [2.45, 2.75) is 45.1 Å². The predicted molar refractivity (Wildman–Crippen MR) is 105 cm³/mol. The van der Waals surface area contributed by atoms with Crippen LogP contribution in [0.25, 0.3) is 0 Å². The van der Waals surface area contributed by atoms with E-state index in [-0.39, 0.29) is 17.7 Å². The molecule has 0 spiro atoms. The number of aryl methyl sites for hydroxylation is 2. The molecule has 0 radical (unpaired) electrons. The van der Waals surface area contributed by atoms with Gasteiger partial charge in [-0.15, -0.1) is 11.3 Å². The van der Waals surface area contributed by atoms with Crippen molar-refractivity contribution in [2.24, 2.45) is 5.92 Å². The second-order valence-electron chi connectivity index (χ2n) is 7.41. The summed E-state index contributed by atoms with van der Waals surface area (Å²) in [7, 11) is 0. The predicted octanol–water partition coefficient (Wildman–Crippen LogP) is 2.49. The third-order valence-corrected chi connectivity index (χ3v) is 6.71. The number of nitrogens with one attached hydrogen (secondary N) is 1. The number of nitrogens with zero attached hydrogens (tertiary/aromatic N) is 3. The SMILES string of the molecule is O=C(NCCCn1cccn1)[C@@H]1CCc2sc(C(=O)N3CCCC3)cc2C1. The van der Waals surface area contributed by atoms with Crippen LogP contribution >= 0.6 is 11.3 Å². The molecule has 1 fully saturated rings. The Hall–Kier alpha value is -2.15. The molecule has 7 heteroatoms. The second-order valence-corrected chi connectivity index (χ2v) is 8.55. The lowest BCUT2D eigenvalue weighted by molar-refractivity contribution is -0.125. The lowest BCUT2D eigenvalue weighted by Gasteiger charge is -2.21. The molecule has 0 aromatic carbocycles. The molecular weight excluding hydrogens is 360 g/mol. The van der Waals surface area contributed by atoms with Gasteiger partial charge in [0.15, 0.2) is 0 Å². The summed E-state index contributed by atoms with van der Waals surface area (Å²) in [6.45, 7) is 3.24. The van der Waals surface area contributed by atoms with Gasteiger partial charge in [-0.3, -0.25) is 14.3 Å². The van der Waals surface area contributed by atoms with E-state index in [9.17, 15) is 9.59 Å². The molecule has 0 unspecified atom stereocenters. The van der Waals surface area contributed by atoms with Crippen LogP contribution in [0.3, 0.4) is 0 Å². The first-order chi connectivity index (χ1) is 13.2. The number of carbonyl (C=O) groups is 2. The van der Waals surface area contributed by atoms with Crippen molar-refractivity contribution < 1.29 is 9.59 Å². The first-order valence-corrected chi connectivity index (χ1v) is 10.7. The average molecular weight is 387 g/mol. The molecule has 1 aliphatic carbocycles. The highest BCUT2D eigenvalue weighted by molar-refractivity contribution is 7.14. The molecule has 1 N–H and O–H groups in total. The summed E-state index contributed by atoms with van der Waals surface area (Å²) >= 11 is 1.63. The molecular formula is C20H26N4O2S. The van der Waals surface area contributed by atoms with Crippen LogP contribution in [0.1, 0.15) is 45.8 Å². The fourth-order valence-corrected chi connectivity index (χ4v) is 5.13. The normalized spacial score (nSPS) is 19.1. The molecule has 2 aromatic heterocycles. The minimum atomic E-state index is 0.0199. The summed E-state index contributed by atoms with van der Waals surface area (Å²) in [5.41, 5.74) is 1.20. The lowest BCUT2D eigenvalue weighted by Crippen LogP contribution is -2.34. The van der Waals surface area contributed by atoms with Crippen LogP contribution in [0.2, 0.25) is 0 Å². The number of likely N-dealkylation sites (tertiary alicyclic amines) is 1. The van der Waals surface area contributed by atoms with Crippen LogP contribution in [-0.4, -0.2) is 46.1 Å². The number of rotatable bonds is 6. The molecule has 2 amide bonds. The molecule has 4 rings (SSSR count). The van der Waals surface area contributed by atoms with Crippen LogP contribution in [0, 0.1) is 5.92 Å². The fourth-order valence-electron chi connectivity index (χ4n) is 3.96. The third kappa shape index (κ3) is 4.24. The molecule has 6 nitrogen and oxygen atoms in total. The van der Waals surface area contributed by atoms with Crippen molar-refractivity contribution >= 4 is 23.2 Å². The van der Waals surface area contributed by atoms with Crippen molar-refractivity contribution in [3.05, 3.63) is 39.8 Å². The quantitative estimate of drug-likeness (QED) is 0.776. The van der Waals surface area contributed by atoms with E-state index in [0.717, 1.165) is 63.0 Å². The van der Waals surface area contributed by atoms with Crippen LogP contribution < -0.4 is 5.32 Å². The Bertz CT molecular complexity index is 793. The molecule has 2 aromatic rings. The maximum Gasteiger partial charge on any atom is 0.263 e. The standard InChI is InChI=1S/C20H26N4O2S/c25-19(21-7-3-11-24-12-4-8-22-24)15-5-6-17-16(13-15)14-18(27-17)20(26)23-9-1-2-10-23/h4,8,12,14-15H,1-3,5-7,9-11,13H2,(H,21,25)/t15-/m1/s1. The number of hydrogen-bond donors (Lipinski definition) is 1. The number of hydrogen-bond acceptors (Lipinski definition) is 4. The average Bonchev–Trinajstić information content (AvgIpc) is 3.45. The van der Waals surface area contributed by atoms with Gasteiger partial charge in [0.05, 0.1) is 4.88 Å². The second kappa shape index (κ2) is 8.25. The molecule has 0 bridgehead atoms. The van der Waals surface area contributed by atoms with E-state index >= 15 is 0 Å². The maximum absolute atomic E-state index is 12.6. The van der Waals surface area contributed by atoms with Crippen molar-refractivity contribution in [3.63, 3.8) is 0 Å². The molecule has 1 aliphatic heterocycles. The molecule has 2 aliphatic rings. The molecule has 0 saturated carbocycles. The van der Waals surface area contributed by atoms with Gasteiger partial charge in [-0.25, -0.2) is 0 Å². The largest absolute Gasteiger partial charge is 0.356 e. The van der Waals surface area contributed by atoms with Gasteiger partial charge in [0.2, 0.25) is 5.91 Å². The van der Waals surface area contributed by atoms with Crippen LogP contribution in [-0.2, 0) is 24.2 Å². The zero-order valence-electron chi connectivity index (χ0n) is 15.5. The van der Waals surface area contributed by atoms with Crippen molar-refractivity contribution in [2.75, 3.05) is 19.6 Å². The first kappa shape index (κ1) is 18.2. The van der Waals surface area contributed by atoms with E-state index in [0.29, 0.717) is 6.54 Å². The van der Waals surface area contributed by atoms with E-state index < -0.39 is 0 Å². The minimum Gasteiger partial charge on any atom is -0.356 e. The highest BCUT2D eigenvalue weighted by Gasteiger charge is 2.28. The summed E-state index contributed by atoms with van der Waals surface area (Å²) in [5, 5.41) is 7.24. The lowest BCUT2D eigenvalue weighted by atomic mass is 9.87. The van der Waals surface area contributed by atoms with Gasteiger partial charge in [0, 0.05) is 49.4 Å². The topological polar surface area (TPSA) is 67.2 Å². The van der Waals surface area contributed by atoms with Gasteiger partial charge in [0.25, 0.3) is 5.91 Å². The van der Waals surface area contributed by atoms with Crippen molar-refractivity contribution in [3.8, 4) is 0 Å². The van der Waals surface area contributed by atoms with Gasteiger partial charge in [-0.2, -0.15) is 5.10 Å². The van der Waals surface area contributed by atoms with Crippen molar-refractivity contribution in [1.29, 1.82) is 0 Å². The van der Waals surface area contributed by atoms with Gasteiger partial charge in [-0.05, 0) is 56.2 Å². The van der Waals surface area contributed by atoms with Gasteiger partial charge >= 0.3 is 0 Å². The Balaban J connectivity index is 1.28. The molecule has 3 heterocycles. The summed E-state index contributed by atoms with van der Waals surface area (Å²) in [5.74, 6) is 0.331. The Morgan fingerprint density at radius 3 is 2.93 bits per heavy atom. The zero-order chi connectivity index (χ0) is 18.6. The highest BCUT2D eigenvalue weighted by atomic mass is 32.1. The Kier molecular flexibility index (Phi) is 5.57. The summed E-state index contributed by atoms with van der Waals surface area (Å²) < 4.78 is 1.88. The van der Waals surface area contributed by atoms with Crippen LogP contribution in [0.15, 0.2) is 24.5 Å². The zero-order valence-corrected chi connectivity index (χ0v) is 16.3. The van der Waals surface area contributed by atoms with E-state index in [4.69, 9.17) is 0 Å². The summed E-state index contributed by atoms with van der Waals surface area (Å²) in [6.07, 6.45) is 9.32. The molecule has 1 saturated heterocycles. The number of carbonyl (C=O) groups excluding carboxylic acids is 2. The van der Waals surface area contributed by atoms with E-state index in [1.807, 2.05) is 27.9 Å². The number of fused-ring (bicyclic) bond motifs is 1. The highest BCUT2D eigenvalue weighted by Crippen LogP contribution is 2.33. The van der Waals surface area contributed by atoms with Crippen molar-refractivity contribution in [1.82, 2.24) is 20.0 Å². The summed E-state index contributed by atoms with van der Waals surface area (Å²) in [6, 6.07) is 3.94. The van der Waals surface area contributed by atoms with E-state index in [2.05, 4.69) is 10.4 Å². The molecule has 144 valence electrons. The van der Waals surface area contributed by atoms with Crippen LogP contribution in [0.5, 0.6) is 0 Å². The minimum absolute atomic E-state index is 0.0199. The fraction of sp³-hybridized carbons (Fsp3) is 0.550. The Morgan fingerprint density at radius 2 is 2.15 bits per heavy atom. The maximum atomic E-state index is 12.6. The third-order valence-electron chi connectivity index (χ3n) is 5.48. The number of thiophene rings is 1. The number of aromatic nitrogens is 2. The first-order valence-electron chi connectivity index (χ1n) is 9.87. The molecule has 27 heavy (non-hydrogen) atoms. The van der Waals surface area contributed by atoms with E-state index in [1.165, 1.54) is 10.4 Å². The monoisotopic (exact) mass is 386 g/mol. The summed E-state index contributed by atoms with van der Waals surface area (Å²) in [4.78, 5) is 29.2. The Morgan fingerprint density at radius 1 is 1.30 bits per heavy atom. The Labute approximate surface area is 163 Å². The van der Waals surface area contributed by atoms with Gasteiger partial charge < -0.3 is 10.2 Å². The smallest absolute Gasteiger partial charge is 0.263 e. The van der Waals surface area contributed by atoms with Crippen LogP contribution in [0.4, 0.5) is 0 Å². The number of amides is 2.